The minimum Gasteiger partial charge on any atom is -0.492 e. The summed E-state index contributed by atoms with van der Waals surface area (Å²) in [5.41, 5.74) is 3.75. The average molecular weight is 572 g/mol. The van der Waals surface area contributed by atoms with Gasteiger partial charge in [0.1, 0.15) is 17.4 Å². The van der Waals surface area contributed by atoms with Crippen molar-refractivity contribution in [2.24, 2.45) is 0 Å². The lowest BCUT2D eigenvalue weighted by molar-refractivity contribution is -0.112. The van der Waals surface area contributed by atoms with Gasteiger partial charge in [-0.3, -0.25) is 4.79 Å². The predicted molar refractivity (Wildman–Crippen MR) is 121 cm³/mol. The van der Waals surface area contributed by atoms with Crippen LogP contribution in [-0.2, 0) is 4.79 Å². The van der Waals surface area contributed by atoms with Gasteiger partial charge < -0.3 is 10.1 Å². The lowest BCUT2D eigenvalue weighted by Gasteiger charge is -2.10. The number of aryl methyl sites for hydroxylation is 2. The van der Waals surface area contributed by atoms with Crippen LogP contribution < -0.4 is 10.1 Å². The van der Waals surface area contributed by atoms with Crippen molar-refractivity contribution in [1.82, 2.24) is 0 Å². The van der Waals surface area contributed by atoms with Gasteiger partial charge in [-0.2, -0.15) is 5.26 Å². The third kappa shape index (κ3) is 5.20. The van der Waals surface area contributed by atoms with E-state index in [0.29, 0.717) is 12.3 Å². The smallest absolute Gasteiger partial charge is 0.266 e. The van der Waals surface area contributed by atoms with E-state index < -0.39 is 5.91 Å². The number of nitrogens with zero attached hydrogens (tertiary/aromatic N) is 1. The molecule has 0 spiro atoms. The Bertz CT molecular complexity index is 892. The second kappa shape index (κ2) is 9.37. The maximum atomic E-state index is 12.5. The van der Waals surface area contributed by atoms with Crippen LogP contribution in [-0.4, -0.2) is 12.5 Å². The largest absolute Gasteiger partial charge is 0.492 e. The molecule has 0 heterocycles. The van der Waals surface area contributed by atoms with Crippen LogP contribution in [0.4, 0.5) is 5.69 Å². The molecule has 1 amide bonds. The number of ether oxygens (including phenoxy) is 1. The molecule has 26 heavy (non-hydrogen) atoms. The fourth-order valence-corrected chi connectivity index (χ4v) is 4.41. The zero-order chi connectivity index (χ0) is 19.3. The first-order valence-electron chi connectivity index (χ1n) is 7.98. The number of rotatable bonds is 5. The number of hydrogen-bond acceptors (Lipinski definition) is 3. The summed E-state index contributed by atoms with van der Waals surface area (Å²) in [4.78, 5) is 12.5. The van der Waals surface area contributed by atoms with Crippen LogP contribution in [0.5, 0.6) is 5.75 Å². The fourth-order valence-electron chi connectivity index (χ4n) is 2.28. The van der Waals surface area contributed by atoms with E-state index in [2.05, 4.69) is 50.5 Å². The lowest BCUT2D eigenvalue weighted by Crippen LogP contribution is -2.13. The first-order chi connectivity index (χ1) is 12.3. The molecule has 0 saturated heterocycles. The van der Waals surface area contributed by atoms with E-state index in [1.54, 1.807) is 6.08 Å². The van der Waals surface area contributed by atoms with Crippen LogP contribution in [0.2, 0.25) is 0 Å². The van der Waals surface area contributed by atoms with E-state index in [0.717, 1.165) is 29.6 Å². The summed E-state index contributed by atoms with van der Waals surface area (Å²) < 4.78 is 7.50. The number of carbonyl (C=O) groups excluding carboxylic acids is 1. The van der Waals surface area contributed by atoms with Gasteiger partial charge in [-0.15, -0.1) is 0 Å². The summed E-state index contributed by atoms with van der Waals surface area (Å²) in [6.07, 6.45) is 1.59. The van der Waals surface area contributed by atoms with Gasteiger partial charge in [0, 0.05) is 5.69 Å². The number of amides is 1. The zero-order valence-electron chi connectivity index (χ0n) is 14.7. The van der Waals surface area contributed by atoms with Gasteiger partial charge in [0.25, 0.3) is 5.91 Å². The minimum absolute atomic E-state index is 0.0546. The Balaban J connectivity index is 2.28. The number of anilines is 1. The van der Waals surface area contributed by atoms with Gasteiger partial charge >= 0.3 is 0 Å². The van der Waals surface area contributed by atoms with Crippen molar-refractivity contribution in [1.29, 1.82) is 5.26 Å². The Kier molecular flexibility index (Phi) is 7.46. The molecule has 6 heteroatoms. The predicted octanol–water partition coefficient (Wildman–Crippen LogP) is 5.46. The molecule has 0 aliphatic carbocycles. The fraction of sp³-hybridized carbons (Fsp3) is 0.200. The Morgan fingerprint density at radius 2 is 1.85 bits per heavy atom. The summed E-state index contributed by atoms with van der Waals surface area (Å²) in [5, 5.41) is 12.2. The van der Waals surface area contributed by atoms with Crippen molar-refractivity contribution < 1.29 is 9.53 Å². The molecule has 4 nitrogen and oxygen atoms in total. The number of carbonyl (C=O) groups is 1. The Morgan fingerprint density at radius 3 is 2.38 bits per heavy atom. The van der Waals surface area contributed by atoms with Gasteiger partial charge in [0.05, 0.1) is 13.7 Å². The number of halogens is 2. The molecular weight excluding hydrogens is 554 g/mol. The summed E-state index contributed by atoms with van der Waals surface area (Å²) >= 11 is 4.39. The molecule has 0 aromatic heterocycles. The third-order valence-electron chi connectivity index (χ3n) is 3.75. The van der Waals surface area contributed by atoms with Crippen molar-refractivity contribution in [2.75, 3.05) is 11.9 Å². The Hall–Kier alpha value is -1.60. The van der Waals surface area contributed by atoms with Crippen molar-refractivity contribution >= 4 is 62.9 Å². The first-order valence-corrected chi connectivity index (χ1v) is 10.1. The second-order valence-electron chi connectivity index (χ2n) is 5.67. The molecule has 0 atom stereocenters. The van der Waals surface area contributed by atoms with Gasteiger partial charge in [-0.1, -0.05) is 6.07 Å². The van der Waals surface area contributed by atoms with Crippen molar-refractivity contribution in [3.05, 3.63) is 59.7 Å². The quantitative estimate of drug-likeness (QED) is 0.295. The van der Waals surface area contributed by atoms with Crippen LogP contribution in [0.3, 0.4) is 0 Å². The van der Waals surface area contributed by atoms with Crippen molar-refractivity contribution in [2.45, 2.75) is 20.8 Å². The molecule has 0 radical (unpaired) electrons. The molecule has 134 valence electrons. The number of nitriles is 1. The molecule has 0 aliphatic heterocycles. The topological polar surface area (TPSA) is 62.1 Å². The summed E-state index contributed by atoms with van der Waals surface area (Å²) in [5.74, 6) is 0.401. The van der Waals surface area contributed by atoms with E-state index >= 15 is 0 Å². The monoisotopic (exact) mass is 572 g/mol. The number of nitrogens with one attached hydrogen (secondary N) is 1. The van der Waals surface area contributed by atoms with Crippen LogP contribution in [0, 0.1) is 32.3 Å². The summed E-state index contributed by atoms with van der Waals surface area (Å²) in [6.45, 7) is 6.51. The van der Waals surface area contributed by atoms with Crippen LogP contribution in [0.1, 0.15) is 23.6 Å². The normalized spacial score (nSPS) is 11.0. The summed E-state index contributed by atoms with van der Waals surface area (Å²) in [6, 6.07) is 11.5. The molecular formula is C20H18I2N2O2. The highest BCUT2D eigenvalue weighted by molar-refractivity contribution is 14.1. The average Bonchev–Trinajstić information content (AvgIpc) is 2.59. The Labute approximate surface area is 180 Å². The standard InChI is InChI=1S/C20H18I2N2O2/c1-4-26-19-17(21)9-14(10-18(19)22)8-15(11-23)20(25)24-16-6-5-12(2)13(3)7-16/h5-10H,4H2,1-3H3,(H,24,25)/b15-8+. The zero-order valence-corrected chi connectivity index (χ0v) is 19.0. The minimum atomic E-state index is -0.422. The highest BCUT2D eigenvalue weighted by Crippen LogP contribution is 2.30. The molecule has 0 saturated carbocycles. The molecule has 1 N–H and O–H groups in total. The van der Waals surface area contributed by atoms with Crippen LogP contribution in [0.15, 0.2) is 35.9 Å². The van der Waals surface area contributed by atoms with Gasteiger partial charge in [-0.05, 0) is 113 Å². The van der Waals surface area contributed by atoms with Gasteiger partial charge in [0.15, 0.2) is 0 Å². The first kappa shape index (κ1) is 20.7. The number of benzene rings is 2. The highest BCUT2D eigenvalue weighted by atomic mass is 127. The van der Waals surface area contributed by atoms with Gasteiger partial charge in [-0.25, -0.2) is 0 Å². The van der Waals surface area contributed by atoms with E-state index in [4.69, 9.17) is 4.74 Å². The second-order valence-corrected chi connectivity index (χ2v) is 7.99. The highest BCUT2D eigenvalue weighted by Gasteiger charge is 2.12. The molecule has 2 aromatic rings. The van der Waals surface area contributed by atoms with E-state index in [-0.39, 0.29) is 5.57 Å². The molecule has 2 rings (SSSR count). The van der Waals surface area contributed by atoms with Gasteiger partial charge in [0.2, 0.25) is 0 Å². The molecule has 0 unspecified atom stereocenters. The Morgan fingerprint density at radius 1 is 1.19 bits per heavy atom. The van der Waals surface area contributed by atoms with Crippen LogP contribution >= 0.6 is 45.2 Å². The van der Waals surface area contributed by atoms with Crippen LogP contribution in [0.25, 0.3) is 6.08 Å². The van der Waals surface area contributed by atoms with E-state index in [9.17, 15) is 10.1 Å². The lowest BCUT2D eigenvalue weighted by atomic mass is 10.1. The molecule has 0 aliphatic rings. The molecule has 0 bridgehead atoms. The SMILES string of the molecule is CCOc1c(I)cc(/C=C(\C#N)C(=O)Nc2ccc(C)c(C)c2)cc1I. The van der Waals surface area contributed by atoms with Crippen molar-refractivity contribution in [3.63, 3.8) is 0 Å². The molecule has 0 fully saturated rings. The third-order valence-corrected chi connectivity index (χ3v) is 5.35. The van der Waals surface area contributed by atoms with E-state index in [1.807, 2.05) is 57.2 Å². The maximum Gasteiger partial charge on any atom is 0.266 e. The number of hydrogen-bond donors (Lipinski definition) is 1. The summed E-state index contributed by atoms with van der Waals surface area (Å²) in [7, 11) is 0. The van der Waals surface area contributed by atoms with Crippen molar-refractivity contribution in [3.8, 4) is 11.8 Å². The van der Waals surface area contributed by atoms with E-state index in [1.165, 1.54) is 0 Å². The molecule has 2 aromatic carbocycles. The maximum absolute atomic E-state index is 12.5.